The number of carbonyl (C=O) groups is 1. The summed E-state index contributed by atoms with van der Waals surface area (Å²) in [5.41, 5.74) is 2.14. The third-order valence-electron chi connectivity index (χ3n) is 1.81. The highest BCUT2D eigenvalue weighted by Gasteiger charge is 2.21. The maximum absolute atomic E-state index is 11.2. The van der Waals surface area contributed by atoms with Gasteiger partial charge in [-0.2, -0.15) is 0 Å². The van der Waals surface area contributed by atoms with Crippen LogP contribution in [-0.4, -0.2) is 24.6 Å². The van der Waals surface area contributed by atoms with Crippen LogP contribution in [0.4, 0.5) is 0 Å². The first-order chi connectivity index (χ1) is 5.97. The fraction of sp³-hybridized carbons (Fsp3) is 0.889. The molecule has 0 aromatic carbocycles. The minimum Gasteiger partial charge on any atom is -0.316 e. The Kier molecular flexibility index (Phi) is 3.27. The van der Waals surface area contributed by atoms with Crippen LogP contribution in [0.15, 0.2) is 0 Å². The first-order valence-electron chi connectivity index (χ1n) is 4.65. The van der Waals surface area contributed by atoms with Crippen LogP contribution < -0.4 is 10.8 Å². The van der Waals surface area contributed by atoms with Crippen LogP contribution >= 0.6 is 0 Å². The second-order valence-corrected chi connectivity index (χ2v) is 4.47. The van der Waals surface area contributed by atoms with Gasteiger partial charge in [0.25, 0.3) is 0 Å². The fourth-order valence-corrected chi connectivity index (χ4v) is 1.01. The molecule has 1 saturated heterocycles. The summed E-state index contributed by atoms with van der Waals surface area (Å²) < 4.78 is 0. The molecule has 0 aliphatic carbocycles. The summed E-state index contributed by atoms with van der Waals surface area (Å²) in [4.78, 5) is 16.4. The molecule has 0 spiro atoms. The van der Waals surface area contributed by atoms with Crippen LogP contribution in [0.2, 0.25) is 0 Å². The number of nitrogens with one attached hydrogen (secondary N) is 2. The third-order valence-corrected chi connectivity index (χ3v) is 1.81. The minimum absolute atomic E-state index is 0.0265. The Bertz CT molecular complexity index is 183. The molecule has 13 heavy (non-hydrogen) atoms. The van der Waals surface area contributed by atoms with Gasteiger partial charge in [0.1, 0.15) is 0 Å². The standard InChI is InChI=1S/C9H18N2O2/c1-9(2,3)13-11-8(12)4-7-5-10-6-7/h7,10H,4-6H2,1-3H3,(H,11,12). The molecule has 1 heterocycles. The molecule has 1 aliphatic rings. The Morgan fingerprint density at radius 1 is 1.54 bits per heavy atom. The van der Waals surface area contributed by atoms with Crippen molar-refractivity contribution in [2.75, 3.05) is 13.1 Å². The molecule has 4 heteroatoms. The lowest BCUT2D eigenvalue weighted by atomic mass is 9.99. The molecular formula is C9H18N2O2. The summed E-state index contributed by atoms with van der Waals surface area (Å²) in [6, 6.07) is 0. The lowest BCUT2D eigenvalue weighted by molar-refractivity contribution is -0.146. The lowest BCUT2D eigenvalue weighted by Crippen LogP contribution is -2.45. The van der Waals surface area contributed by atoms with Crippen molar-refractivity contribution in [1.82, 2.24) is 10.8 Å². The predicted octanol–water partition coefficient (Wildman–Crippen LogP) is 0.442. The SMILES string of the molecule is CC(C)(C)ONC(=O)CC1CNC1. The molecule has 0 aromatic rings. The molecule has 0 atom stereocenters. The molecular weight excluding hydrogens is 168 g/mol. The van der Waals surface area contributed by atoms with Gasteiger partial charge in [-0.05, 0) is 39.8 Å². The van der Waals surface area contributed by atoms with Crippen LogP contribution in [0, 0.1) is 5.92 Å². The Hall–Kier alpha value is -0.610. The smallest absolute Gasteiger partial charge is 0.243 e. The van der Waals surface area contributed by atoms with E-state index >= 15 is 0 Å². The zero-order valence-electron chi connectivity index (χ0n) is 8.52. The lowest BCUT2D eigenvalue weighted by Gasteiger charge is -2.27. The highest BCUT2D eigenvalue weighted by atomic mass is 16.7. The van der Waals surface area contributed by atoms with E-state index < -0.39 is 0 Å². The Labute approximate surface area is 79.0 Å². The summed E-state index contributed by atoms with van der Waals surface area (Å²) in [7, 11) is 0. The third kappa shape index (κ3) is 4.24. The molecule has 0 unspecified atom stereocenters. The van der Waals surface area contributed by atoms with Crippen molar-refractivity contribution in [1.29, 1.82) is 0 Å². The normalized spacial score (nSPS) is 18.1. The van der Waals surface area contributed by atoms with E-state index in [-0.39, 0.29) is 11.5 Å². The maximum atomic E-state index is 11.2. The van der Waals surface area contributed by atoms with Crippen LogP contribution in [-0.2, 0) is 9.63 Å². The van der Waals surface area contributed by atoms with Gasteiger partial charge in [0.15, 0.2) is 0 Å². The average molecular weight is 186 g/mol. The van der Waals surface area contributed by atoms with Gasteiger partial charge in [-0.25, -0.2) is 5.48 Å². The first-order valence-corrected chi connectivity index (χ1v) is 4.65. The summed E-state index contributed by atoms with van der Waals surface area (Å²) >= 11 is 0. The largest absolute Gasteiger partial charge is 0.316 e. The first kappa shape index (κ1) is 10.5. The van der Waals surface area contributed by atoms with Gasteiger partial charge in [-0.15, -0.1) is 0 Å². The molecule has 4 nitrogen and oxygen atoms in total. The van der Waals surface area contributed by atoms with E-state index in [2.05, 4.69) is 10.8 Å². The van der Waals surface area contributed by atoms with Gasteiger partial charge in [0.2, 0.25) is 5.91 Å². The molecule has 1 fully saturated rings. The van der Waals surface area contributed by atoms with E-state index in [9.17, 15) is 4.79 Å². The van der Waals surface area contributed by atoms with Gasteiger partial charge in [-0.3, -0.25) is 9.63 Å². The van der Waals surface area contributed by atoms with E-state index in [0.717, 1.165) is 13.1 Å². The highest BCUT2D eigenvalue weighted by molar-refractivity contribution is 5.75. The predicted molar refractivity (Wildman–Crippen MR) is 50.0 cm³/mol. The van der Waals surface area contributed by atoms with Crippen molar-refractivity contribution in [2.45, 2.75) is 32.8 Å². The van der Waals surface area contributed by atoms with Crippen molar-refractivity contribution in [3.8, 4) is 0 Å². The van der Waals surface area contributed by atoms with E-state index in [4.69, 9.17) is 4.84 Å². The van der Waals surface area contributed by atoms with Gasteiger partial charge in [-0.1, -0.05) is 0 Å². The summed E-state index contributed by atoms with van der Waals surface area (Å²) in [5, 5.41) is 3.12. The second kappa shape index (κ2) is 4.07. The van der Waals surface area contributed by atoms with E-state index in [1.807, 2.05) is 20.8 Å². The second-order valence-electron chi connectivity index (χ2n) is 4.47. The van der Waals surface area contributed by atoms with Gasteiger partial charge in [0, 0.05) is 6.42 Å². The van der Waals surface area contributed by atoms with Crippen molar-refractivity contribution in [2.24, 2.45) is 5.92 Å². The number of hydroxylamine groups is 1. The molecule has 1 rings (SSSR count). The Morgan fingerprint density at radius 3 is 2.54 bits per heavy atom. The minimum atomic E-state index is -0.312. The summed E-state index contributed by atoms with van der Waals surface area (Å²) in [5.74, 6) is 0.463. The van der Waals surface area contributed by atoms with E-state index in [0.29, 0.717) is 12.3 Å². The number of hydrogen-bond donors (Lipinski definition) is 2. The molecule has 76 valence electrons. The monoisotopic (exact) mass is 186 g/mol. The number of hydrogen-bond acceptors (Lipinski definition) is 3. The number of amides is 1. The number of carbonyl (C=O) groups excluding carboxylic acids is 1. The van der Waals surface area contributed by atoms with Crippen molar-refractivity contribution in [3.63, 3.8) is 0 Å². The Balaban J connectivity index is 2.10. The molecule has 0 aromatic heterocycles. The van der Waals surface area contributed by atoms with Gasteiger partial charge >= 0.3 is 0 Å². The van der Waals surface area contributed by atoms with Crippen molar-refractivity contribution in [3.05, 3.63) is 0 Å². The van der Waals surface area contributed by atoms with Gasteiger partial charge in [0.05, 0.1) is 5.60 Å². The molecule has 0 bridgehead atoms. The molecule has 1 amide bonds. The van der Waals surface area contributed by atoms with Gasteiger partial charge < -0.3 is 5.32 Å². The zero-order valence-corrected chi connectivity index (χ0v) is 8.52. The highest BCUT2D eigenvalue weighted by Crippen LogP contribution is 2.09. The van der Waals surface area contributed by atoms with Crippen LogP contribution in [0.3, 0.4) is 0 Å². The van der Waals surface area contributed by atoms with Crippen molar-refractivity contribution < 1.29 is 9.63 Å². The molecule has 0 radical (unpaired) electrons. The fourth-order valence-electron chi connectivity index (χ4n) is 1.01. The maximum Gasteiger partial charge on any atom is 0.243 e. The van der Waals surface area contributed by atoms with Crippen LogP contribution in [0.1, 0.15) is 27.2 Å². The molecule has 0 saturated carbocycles. The molecule has 2 N–H and O–H groups in total. The number of rotatable bonds is 3. The van der Waals surface area contributed by atoms with E-state index in [1.165, 1.54) is 0 Å². The quantitative estimate of drug-likeness (QED) is 0.629. The summed E-state index contributed by atoms with van der Waals surface area (Å²) in [6.45, 7) is 7.60. The zero-order chi connectivity index (χ0) is 9.90. The van der Waals surface area contributed by atoms with Crippen LogP contribution in [0.5, 0.6) is 0 Å². The van der Waals surface area contributed by atoms with E-state index in [1.54, 1.807) is 0 Å². The van der Waals surface area contributed by atoms with Crippen LogP contribution in [0.25, 0.3) is 0 Å². The summed E-state index contributed by atoms with van der Waals surface area (Å²) in [6.07, 6.45) is 0.559. The topological polar surface area (TPSA) is 50.4 Å². The van der Waals surface area contributed by atoms with Crippen molar-refractivity contribution >= 4 is 5.91 Å². The Morgan fingerprint density at radius 2 is 2.15 bits per heavy atom. The average Bonchev–Trinajstić information content (AvgIpc) is 1.91. The molecule has 1 aliphatic heterocycles.